The summed E-state index contributed by atoms with van der Waals surface area (Å²) >= 11 is 0. The Morgan fingerprint density at radius 3 is 2.61 bits per heavy atom. The summed E-state index contributed by atoms with van der Waals surface area (Å²) in [6.07, 6.45) is 2.50. The SMILES string of the molecule is NC(=O)c1ccc(NC(=O)NCC2CC2c2ccccc2)cn1. The van der Waals surface area contributed by atoms with E-state index in [0.29, 0.717) is 24.1 Å². The fourth-order valence-electron chi connectivity index (χ4n) is 2.59. The Morgan fingerprint density at radius 2 is 1.96 bits per heavy atom. The number of benzene rings is 1. The molecule has 1 aromatic heterocycles. The Labute approximate surface area is 134 Å². The van der Waals surface area contributed by atoms with Crippen molar-refractivity contribution in [1.29, 1.82) is 0 Å². The normalized spacial score (nSPS) is 19.0. The molecule has 0 aliphatic heterocycles. The van der Waals surface area contributed by atoms with Crippen LogP contribution >= 0.6 is 0 Å². The van der Waals surface area contributed by atoms with Gasteiger partial charge in [0, 0.05) is 6.54 Å². The molecule has 2 aromatic rings. The van der Waals surface area contributed by atoms with Gasteiger partial charge in [0.15, 0.2) is 0 Å². The fraction of sp³-hybridized carbons (Fsp3) is 0.235. The molecule has 1 aromatic carbocycles. The number of nitrogens with zero attached hydrogens (tertiary/aromatic N) is 1. The summed E-state index contributed by atoms with van der Waals surface area (Å²) in [4.78, 5) is 26.7. The second-order valence-corrected chi connectivity index (χ2v) is 5.64. The first-order valence-electron chi connectivity index (χ1n) is 7.49. The number of primary amides is 1. The lowest BCUT2D eigenvalue weighted by molar-refractivity contribution is 0.0995. The van der Waals surface area contributed by atoms with E-state index in [2.05, 4.69) is 27.8 Å². The number of anilines is 1. The highest BCUT2D eigenvalue weighted by molar-refractivity contribution is 5.92. The summed E-state index contributed by atoms with van der Waals surface area (Å²) in [6, 6.07) is 13.1. The van der Waals surface area contributed by atoms with Crippen molar-refractivity contribution in [3.05, 3.63) is 59.9 Å². The zero-order chi connectivity index (χ0) is 16.2. The Balaban J connectivity index is 1.45. The van der Waals surface area contributed by atoms with Gasteiger partial charge >= 0.3 is 6.03 Å². The van der Waals surface area contributed by atoms with E-state index in [0.717, 1.165) is 6.42 Å². The first-order valence-corrected chi connectivity index (χ1v) is 7.49. The smallest absolute Gasteiger partial charge is 0.319 e. The number of carbonyl (C=O) groups is 2. The van der Waals surface area contributed by atoms with Gasteiger partial charge in [0.25, 0.3) is 5.91 Å². The summed E-state index contributed by atoms with van der Waals surface area (Å²) in [5.74, 6) is 0.424. The van der Waals surface area contributed by atoms with Crippen LogP contribution in [0.2, 0.25) is 0 Å². The number of hydrogen-bond acceptors (Lipinski definition) is 3. The monoisotopic (exact) mass is 310 g/mol. The molecule has 0 radical (unpaired) electrons. The van der Waals surface area contributed by atoms with Crippen LogP contribution < -0.4 is 16.4 Å². The molecule has 6 nitrogen and oxygen atoms in total. The molecule has 118 valence electrons. The molecule has 0 saturated heterocycles. The Morgan fingerprint density at radius 1 is 1.17 bits per heavy atom. The van der Waals surface area contributed by atoms with Crippen LogP contribution in [0.25, 0.3) is 0 Å². The van der Waals surface area contributed by atoms with Gasteiger partial charge in [-0.1, -0.05) is 30.3 Å². The van der Waals surface area contributed by atoms with E-state index < -0.39 is 5.91 Å². The van der Waals surface area contributed by atoms with Crippen molar-refractivity contribution in [3.63, 3.8) is 0 Å². The van der Waals surface area contributed by atoms with E-state index in [1.54, 1.807) is 6.07 Å². The molecule has 0 bridgehead atoms. The Hall–Kier alpha value is -2.89. The summed E-state index contributed by atoms with van der Waals surface area (Å²) in [5.41, 5.74) is 7.12. The summed E-state index contributed by atoms with van der Waals surface area (Å²) in [6.45, 7) is 0.637. The quantitative estimate of drug-likeness (QED) is 0.789. The molecule has 0 spiro atoms. The number of urea groups is 1. The highest BCUT2D eigenvalue weighted by Gasteiger charge is 2.37. The maximum atomic E-state index is 11.9. The van der Waals surface area contributed by atoms with E-state index in [1.165, 1.54) is 17.8 Å². The number of nitrogens with two attached hydrogens (primary N) is 1. The molecule has 1 aliphatic carbocycles. The third kappa shape index (κ3) is 3.85. The topological polar surface area (TPSA) is 97.1 Å². The van der Waals surface area contributed by atoms with Gasteiger partial charge in [-0.3, -0.25) is 4.79 Å². The number of hydrogen-bond donors (Lipinski definition) is 3. The predicted octanol–water partition coefficient (Wildman–Crippen LogP) is 2.11. The van der Waals surface area contributed by atoms with Gasteiger partial charge in [0.05, 0.1) is 11.9 Å². The summed E-state index contributed by atoms with van der Waals surface area (Å²) < 4.78 is 0. The first-order chi connectivity index (χ1) is 11.1. The van der Waals surface area contributed by atoms with Crippen LogP contribution in [0.5, 0.6) is 0 Å². The minimum atomic E-state index is -0.596. The molecule has 3 rings (SSSR count). The lowest BCUT2D eigenvalue weighted by atomic mass is 10.1. The van der Waals surface area contributed by atoms with E-state index in [9.17, 15) is 9.59 Å². The van der Waals surface area contributed by atoms with Crippen LogP contribution in [0.3, 0.4) is 0 Å². The number of pyridine rings is 1. The molecular formula is C17H18N4O2. The molecular weight excluding hydrogens is 292 g/mol. The number of carbonyl (C=O) groups excluding carboxylic acids is 2. The minimum absolute atomic E-state index is 0.166. The van der Waals surface area contributed by atoms with Crippen molar-refractivity contribution in [2.24, 2.45) is 11.7 Å². The molecule has 1 fully saturated rings. The van der Waals surface area contributed by atoms with E-state index in [-0.39, 0.29) is 11.7 Å². The van der Waals surface area contributed by atoms with Gasteiger partial charge in [-0.2, -0.15) is 0 Å². The molecule has 1 saturated carbocycles. The summed E-state index contributed by atoms with van der Waals surface area (Å²) in [5, 5.41) is 5.54. The molecule has 4 N–H and O–H groups in total. The van der Waals surface area contributed by atoms with E-state index in [4.69, 9.17) is 5.73 Å². The van der Waals surface area contributed by atoms with Gasteiger partial charge in [0.2, 0.25) is 0 Å². The van der Waals surface area contributed by atoms with Crippen LogP contribution in [0, 0.1) is 5.92 Å². The van der Waals surface area contributed by atoms with Crippen molar-refractivity contribution < 1.29 is 9.59 Å². The van der Waals surface area contributed by atoms with Crippen molar-refractivity contribution >= 4 is 17.6 Å². The third-order valence-corrected chi connectivity index (χ3v) is 3.95. The van der Waals surface area contributed by atoms with E-state index in [1.807, 2.05) is 18.2 Å². The van der Waals surface area contributed by atoms with Crippen LogP contribution in [0.4, 0.5) is 10.5 Å². The summed E-state index contributed by atoms with van der Waals surface area (Å²) in [7, 11) is 0. The number of aromatic nitrogens is 1. The van der Waals surface area contributed by atoms with Crippen molar-refractivity contribution in [1.82, 2.24) is 10.3 Å². The van der Waals surface area contributed by atoms with Gasteiger partial charge < -0.3 is 16.4 Å². The van der Waals surface area contributed by atoms with Crippen molar-refractivity contribution in [2.75, 3.05) is 11.9 Å². The van der Waals surface area contributed by atoms with E-state index >= 15 is 0 Å². The average molecular weight is 310 g/mol. The van der Waals surface area contributed by atoms with Crippen LogP contribution in [0.15, 0.2) is 48.7 Å². The second kappa shape index (κ2) is 6.48. The maximum absolute atomic E-state index is 11.9. The lowest BCUT2D eigenvalue weighted by Gasteiger charge is -2.07. The van der Waals surface area contributed by atoms with Gasteiger partial charge in [-0.25, -0.2) is 9.78 Å². The minimum Gasteiger partial charge on any atom is -0.364 e. The number of rotatable bonds is 5. The fourth-order valence-corrected chi connectivity index (χ4v) is 2.59. The molecule has 2 atom stereocenters. The van der Waals surface area contributed by atoms with Gasteiger partial charge in [-0.05, 0) is 36.0 Å². The van der Waals surface area contributed by atoms with Crippen LogP contribution in [0.1, 0.15) is 28.4 Å². The van der Waals surface area contributed by atoms with Gasteiger partial charge in [-0.15, -0.1) is 0 Å². The average Bonchev–Trinajstić information content (AvgIpc) is 3.34. The third-order valence-electron chi connectivity index (χ3n) is 3.95. The first kappa shape index (κ1) is 15.0. The molecule has 1 aliphatic rings. The zero-order valence-electron chi connectivity index (χ0n) is 12.5. The highest BCUT2D eigenvalue weighted by Crippen LogP contribution is 2.46. The molecule has 23 heavy (non-hydrogen) atoms. The van der Waals surface area contributed by atoms with Gasteiger partial charge in [0.1, 0.15) is 5.69 Å². The molecule has 3 amide bonds. The number of amides is 3. The Bertz CT molecular complexity index is 700. The van der Waals surface area contributed by atoms with Crippen LogP contribution in [-0.2, 0) is 0 Å². The van der Waals surface area contributed by atoms with Crippen LogP contribution in [-0.4, -0.2) is 23.5 Å². The predicted molar refractivity (Wildman–Crippen MR) is 87.1 cm³/mol. The standard InChI is InChI=1S/C17H18N4O2/c18-16(22)15-7-6-13(10-19-15)21-17(23)20-9-12-8-14(12)11-4-2-1-3-5-11/h1-7,10,12,14H,8-9H2,(H2,18,22)(H2,20,21,23). The molecule has 1 heterocycles. The number of nitrogens with one attached hydrogen (secondary N) is 2. The zero-order valence-corrected chi connectivity index (χ0v) is 12.5. The van der Waals surface area contributed by atoms with Crippen molar-refractivity contribution in [2.45, 2.75) is 12.3 Å². The molecule has 2 unspecified atom stereocenters. The maximum Gasteiger partial charge on any atom is 0.319 e. The Kier molecular flexibility index (Phi) is 4.23. The molecule has 6 heteroatoms. The highest BCUT2D eigenvalue weighted by atomic mass is 16.2. The van der Waals surface area contributed by atoms with Crippen molar-refractivity contribution in [3.8, 4) is 0 Å². The lowest BCUT2D eigenvalue weighted by Crippen LogP contribution is -2.30. The largest absolute Gasteiger partial charge is 0.364 e. The second-order valence-electron chi connectivity index (χ2n) is 5.64.